The molecule has 0 amide bonds. The van der Waals surface area contributed by atoms with Crippen molar-refractivity contribution in [1.29, 1.82) is 5.26 Å². The van der Waals surface area contributed by atoms with Crippen molar-refractivity contribution in [3.8, 4) is 17.6 Å². The van der Waals surface area contributed by atoms with Crippen LogP contribution in [0, 0.1) is 23.7 Å². The molecule has 1 unspecified atom stereocenters. The molecular formula is C40H49ClN4O6. The monoisotopic (exact) mass is 716 g/mol. The Morgan fingerprint density at radius 1 is 1.12 bits per heavy atom. The molecule has 2 aromatic carbocycles. The number of allylic oxidation sites excluding steroid dienone is 2. The number of benzene rings is 2. The van der Waals surface area contributed by atoms with E-state index in [2.05, 4.69) is 59.4 Å². The summed E-state index contributed by atoms with van der Waals surface area (Å²) in [7, 11) is 0. The normalized spacial score (nSPS) is 20.0. The molecule has 51 heavy (non-hydrogen) atoms. The molecule has 272 valence electrons. The molecule has 5 rings (SSSR count). The molecule has 11 heteroatoms. The number of likely N-dealkylation sites (tertiary alicyclic amines) is 1. The van der Waals surface area contributed by atoms with Gasteiger partial charge in [0.1, 0.15) is 36.4 Å². The lowest BCUT2D eigenvalue weighted by Gasteiger charge is -2.47. The van der Waals surface area contributed by atoms with Crippen LogP contribution in [-0.2, 0) is 17.9 Å². The van der Waals surface area contributed by atoms with E-state index in [-0.39, 0.29) is 39.1 Å². The molecule has 1 aliphatic heterocycles. The summed E-state index contributed by atoms with van der Waals surface area (Å²) >= 11 is 7.03. The average Bonchev–Trinajstić information content (AvgIpc) is 3.56. The van der Waals surface area contributed by atoms with E-state index < -0.39 is 17.1 Å². The van der Waals surface area contributed by atoms with Crippen molar-refractivity contribution in [2.45, 2.75) is 64.5 Å². The molecule has 3 aromatic rings. The summed E-state index contributed by atoms with van der Waals surface area (Å²) in [6, 6.07) is 15.3. The highest BCUT2D eigenvalue weighted by Crippen LogP contribution is 2.49. The summed E-state index contributed by atoms with van der Waals surface area (Å²) in [5.74, 6) is 0.925. The van der Waals surface area contributed by atoms with Crippen molar-refractivity contribution in [3.05, 3.63) is 106 Å². The highest BCUT2D eigenvalue weighted by molar-refractivity contribution is 6.33. The quantitative estimate of drug-likeness (QED) is 0.138. The molecule has 0 spiro atoms. The van der Waals surface area contributed by atoms with Crippen LogP contribution in [0.25, 0.3) is 5.57 Å². The first-order valence-corrected chi connectivity index (χ1v) is 17.8. The van der Waals surface area contributed by atoms with Gasteiger partial charge in [-0.1, -0.05) is 67.9 Å². The van der Waals surface area contributed by atoms with Gasteiger partial charge in [-0.2, -0.15) is 5.26 Å². The van der Waals surface area contributed by atoms with Crippen LogP contribution in [-0.4, -0.2) is 89.0 Å². The van der Waals surface area contributed by atoms with Crippen molar-refractivity contribution in [2.24, 2.45) is 5.41 Å². The number of hydrogen-bond acceptors (Lipinski definition) is 10. The molecule has 1 fully saturated rings. The second kappa shape index (κ2) is 17.6. The lowest BCUT2D eigenvalue weighted by atomic mass is 9.65. The zero-order valence-electron chi connectivity index (χ0n) is 29.6. The van der Waals surface area contributed by atoms with Crippen LogP contribution in [0.15, 0.2) is 73.1 Å². The van der Waals surface area contributed by atoms with Crippen LogP contribution in [0.4, 0.5) is 0 Å². The number of aromatic nitrogens is 1. The first-order valence-electron chi connectivity index (χ1n) is 17.5. The molecule has 2 heterocycles. The third-order valence-electron chi connectivity index (χ3n) is 10.00. The van der Waals surface area contributed by atoms with E-state index in [1.807, 2.05) is 31.2 Å². The van der Waals surface area contributed by atoms with E-state index in [1.54, 1.807) is 18.3 Å². The Labute approximate surface area is 305 Å². The topological polar surface area (TPSA) is 140 Å². The van der Waals surface area contributed by atoms with Crippen molar-refractivity contribution < 1.29 is 29.5 Å². The molecule has 2 aliphatic rings. The Morgan fingerprint density at radius 3 is 2.61 bits per heavy atom. The number of aliphatic hydroxyl groups is 3. The van der Waals surface area contributed by atoms with Gasteiger partial charge in [-0.3, -0.25) is 4.98 Å². The molecule has 10 nitrogen and oxygen atoms in total. The summed E-state index contributed by atoms with van der Waals surface area (Å²) in [6.07, 6.45) is 10.7. The Morgan fingerprint density at radius 2 is 1.90 bits per heavy atom. The first kappa shape index (κ1) is 38.4. The third kappa shape index (κ3) is 9.18. The Hall–Kier alpha value is -3.79. The van der Waals surface area contributed by atoms with E-state index in [1.165, 1.54) is 6.20 Å². The second-order valence-corrected chi connectivity index (χ2v) is 14.1. The largest absolute Gasteiger partial charge is 0.488 e. The summed E-state index contributed by atoms with van der Waals surface area (Å²) in [6.45, 7) is 9.22. The van der Waals surface area contributed by atoms with Crippen LogP contribution in [0.3, 0.4) is 0 Å². The molecule has 4 N–H and O–H groups in total. The van der Waals surface area contributed by atoms with E-state index >= 15 is 0 Å². The summed E-state index contributed by atoms with van der Waals surface area (Å²) in [4.78, 5) is 6.42. The minimum absolute atomic E-state index is 0.140. The SMILES string of the molecule is Cc1c(Cl)c(OC[C@@]2(OCCCN3CCC(O)C3)C=CC=C(c3ccccc3)C2(C)C)cc(OCc2cncc(C#N)c2)c1CNC(CO)CO. The van der Waals surface area contributed by atoms with E-state index in [0.29, 0.717) is 35.2 Å². The fraction of sp³-hybridized carbons (Fsp3) is 0.450. The van der Waals surface area contributed by atoms with Gasteiger partial charge in [-0.15, -0.1) is 0 Å². The van der Waals surface area contributed by atoms with Crippen molar-refractivity contribution in [1.82, 2.24) is 15.2 Å². The minimum atomic E-state index is -0.866. The number of halogens is 1. The molecule has 0 radical (unpaired) electrons. The second-order valence-electron chi connectivity index (χ2n) is 13.8. The maximum absolute atomic E-state index is 9.99. The number of nitrogens with zero attached hydrogens (tertiary/aromatic N) is 3. The summed E-state index contributed by atoms with van der Waals surface area (Å²) in [5, 5.41) is 42.3. The van der Waals surface area contributed by atoms with Crippen LogP contribution in [0.5, 0.6) is 11.5 Å². The van der Waals surface area contributed by atoms with Crippen molar-refractivity contribution in [3.63, 3.8) is 0 Å². The Balaban J connectivity index is 1.43. The van der Waals surface area contributed by atoms with Crippen molar-refractivity contribution >= 4 is 17.2 Å². The molecule has 0 bridgehead atoms. The molecule has 0 saturated carbocycles. The van der Waals surface area contributed by atoms with Gasteiger partial charge >= 0.3 is 0 Å². The third-order valence-corrected chi connectivity index (χ3v) is 10.5. The summed E-state index contributed by atoms with van der Waals surface area (Å²) in [5.41, 5.74) is 3.46. The molecule has 2 atom stereocenters. The predicted molar refractivity (Wildman–Crippen MR) is 197 cm³/mol. The highest BCUT2D eigenvalue weighted by Gasteiger charge is 2.49. The van der Waals surface area contributed by atoms with Gasteiger partial charge in [0.2, 0.25) is 0 Å². The van der Waals surface area contributed by atoms with Gasteiger partial charge in [0.15, 0.2) is 0 Å². The van der Waals surface area contributed by atoms with E-state index in [0.717, 1.165) is 53.8 Å². The lowest BCUT2D eigenvalue weighted by molar-refractivity contribution is -0.0927. The number of ether oxygens (including phenoxy) is 3. The van der Waals surface area contributed by atoms with Gasteiger partial charge in [-0.05, 0) is 48.6 Å². The molecular weight excluding hydrogens is 668 g/mol. The van der Waals surface area contributed by atoms with Gasteiger partial charge in [0, 0.05) is 67.8 Å². The zero-order valence-corrected chi connectivity index (χ0v) is 30.4. The number of aliphatic hydroxyl groups excluding tert-OH is 3. The van der Waals surface area contributed by atoms with Gasteiger partial charge in [0.05, 0.1) is 35.9 Å². The standard InChI is InChI=1S/C40H49ClN4O6/c1-28-34(22-44-32(24-46)25-47)36(49-26-30-17-29(19-42)20-43-21-30)18-37(38(28)41)50-27-40(51-16-8-14-45-15-12-33(48)23-45)13-7-11-35(39(40,2)3)31-9-5-4-6-10-31/h4-7,9-11,13,17-18,20-21,32-33,44,46-48H,8,12,14-16,22-27H2,1-3H3/t33?,40-/m0/s1. The fourth-order valence-electron chi connectivity index (χ4n) is 6.71. The van der Waals surface area contributed by atoms with Crippen LogP contribution < -0.4 is 14.8 Å². The van der Waals surface area contributed by atoms with Crippen molar-refractivity contribution in [2.75, 3.05) is 46.1 Å². The Bertz CT molecular complexity index is 1720. The number of rotatable bonds is 17. The average molecular weight is 717 g/mol. The maximum atomic E-state index is 9.99. The van der Waals surface area contributed by atoms with Gasteiger partial charge < -0.3 is 39.7 Å². The lowest BCUT2D eigenvalue weighted by Crippen LogP contribution is -2.52. The minimum Gasteiger partial charge on any atom is -0.488 e. The van der Waals surface area contributed by atoms with E-state index in [9.17, 15) is 20.6 Å². The van der Waals surface area contributed by atoms with E-state index in [4.69, 9.17) is 25.8 Å². The molecule has 1 saturated heterocycles. The van der Waals surface area contributed by atoms with Gasteiger partial charge in [0.25, 0.3) is 0 Å². The molecule has 1 aliphatic carbocycles. The van der Waals surface area contributed by atoms with Crippen LogP contribution in [0.1, 0.15) is 54.5 Å². The first-order chi connectivity index (χ1) is 24.6. The number of pyridine rings is 1. The predicted octanol–water partition coefficient (Wildman–Crippen LogP) is 5.21. The number of hydrogen-bond donors (Lipinski definition) is 4. The highest BCUT2D eigenvalue weighted by atomic mass is 35.5. The maximum Gasteiger partial charge on any atom is 0.142 e. The number of nitriles is 1. The molecule has 1 aromatic heterocycles. The number of β-amino-alcohol motifs (C(OH)–C–C–N with tert-alkyl or cyclic N) is 1. The van der Waals surface area contributed by atoms with Gasteiger partial charge in [-0.25, -0.2) is 0 Å². The summed E-state index contributed by atoms with van der Waals surface area (Å²) < 4.78 is 19.9. The number of nitrogens with one attached hydrogen (secondary N) is 1. The zero-order chi connectivity index (χ0) is 36.4. The fourth-order valence-corrected chi connectivity index (χ4v) is 6.93. The van der Waals surface area contributed by atoms with Crippen LogP contribution >= 0.6 is 11.6 Å². The van der Waals surface area contributed by atoms with Crippen LogP contribution in [0.2, 0.25) is 5.02 Å². The smallest absolute Gasteiger partial charge is 0.142 e. The Kier molecular flexibility index (Phi) is 13.3.